The number of alkyl halides is 2. The van der Waals surface area contributed by atoms with Crippen LogP contribution in [-0.2, 0) is 16.1 Å². The monoisotopic (exact) mass is 449 g/mol. The summed E-state index contributed by atoms with van der Waals surface area (Å²) in [6, 6.07) is 8.24. The number of hydrogen-bond donors (Lipinski definition) is 2. The molecule has 0 radical (unpaired) electrons. The number of hydrogen-bond acceptors (Lipinski definition) is 4. The van der Waals surface area contributed by atoms with Crippen LogP contribution in [0.15, 0.2) is 30.3 Å². The summed E-state index contributed by atoms with van der Waals surface area (Å²) in [6.07, 6.45) is 0.497. The smallest absolute Gasteiger partial charge is 0.329 e. The Morgan fingerprint density at radius 3 is 2.50 bits per heavy atom. The molecule has 0 spiro atoms. The van der Waals surface area contributed by atoms with Crippen molar-refractivity contribution in [3.8, 4) is 16.9 Å². The molecule has 2 aromatic carbocycles. The second-order valence-corrected chi connectivity index (χ2v) is 8.66. The number of ether oxygens (including phenoxy) is 2. The van der Waals surface area contributed by atoms with Gasteiger partial charge in [-0.05, 0) is 67.6 Å². The van der Waals surface area contributed by atoms with E-state index in [1.54, 1.807) is 37.3 Å². The number of carboxylic acids is 1. The average molecular weight is 449 g/mol. The zero-order valence-electron chi connectivity index (χ0n) is 18.0. The van der Waals surface area contributed by atoms with Crippen LogP contribution in [0, 0.1) is 12.7 Å². The van der Waals surface area contributed by atoms with Gasteiger partial charge in [0, 0.05) is 24.1 Å². The first-order valence-electron chi connectivity index (χ1n) is 10.7. The van der Waals surface area contributed by atoms with Gasteiger partial charge >= 0.3 is 5.97 Å². The van der Waals surface area contributed by atoms with Crippen molar-refractivity contribution >= 4 is 11.7 Å². The van der Waals surface area contributed by atoms with Crippen LogP contribution in [0.1, 0.15) is 43.7 Å². The predicted octanol–water partition coefficient (Wildman–Crippen LogP) is 5.54. The van der Waals surface area contributed by atoms with Crippen molar-refractivity contribution in [1.29, 1.82) is 0 Å². The quantitative estimate of drug-likeness (QED) is 0.526. The van der Waals surface area contributed by atoms with Gasteiger partial charge in [-0.25, -0.2) is 18.0 Å². The molecule has 0 saturated heterocycles. The molecule has 0 amide bonds. The summed E-state index contributed by atoms with van der Waals surface area (Å²) in [5, 5.41) is 12.3. The summed E-state index contributed by atoms with van der Waals surface area (Å²) >= 11 is 0. The van der Waals surface area contributed by atoms with E-state index in [0.29, 0.717) is 29.0 Å². The molecule has 2 fully saturated rings. The van der Waals surface area contributed by atoms with Crippen LogP contribution < -0.4 is 10.1 Å². The lowest BCUT2D eigenvalue weighted by molar-refractivity contribution is -0.168. The number of carboxylic acid groups (broad SMARTS) is 1. The third-order valence-corrected chi connectivity index (χ3v) is 5.79. The fraction of sp³-hybridized carbons (Fsp3) is 0.458. The van der Waals surface area contributed by atoms with Gasteiger partial charge in [-0.15, -0.1) is 0 Å². The number of nitrogens with one attached hydrogen (secondary N) is 1. The summed E-state index contributed by atoms with van der Waals surface area (Å²) in [5.41, 5.74) is 1.04. The first-order chi connectivity index (χ1) is 15.1. The molecular formula is C24H26F3NO4. The van der Waals surface area contributed by atoms with E-state index in [4.69, 9.17) is 9.47 Å². The van der Waals surface area contributed by atoms with E-state index in [2.05, 4.69) is 5.32 Å². The fourth-order valence-electron chi connectivity index (χ4n) is 4.09. The van der Waals surface area contributed by atoms with Gasteiger partial charge < -0.3 is 19.9 Å². The Morgan fingerprint density at radius 1 is 1.19 bits per heavy atom. The molecule has 2 aromatic rings. The third kappa shape index (κ3) is 4.55. The molecule has 0 bridgehead atoms. The molecule has 2 N–H and O–H groups in total. The van der Waals surface area contributed by atoms with E-state index < -0.39 is 36.1 Å². The molecule has 0 aliphatic heterocycles. The minimum atomic E-state index is -3.01. The van der Waals surface area contributed by atoms with E-state index in [1.165, 1.54) is 0 Å². The van der Waals surface area contributed by atoms with Gasteiger partial charge in [0.15, 0.2) is 11.6 Å². The van der Waals surface area contributed by atoms with Gasteiger partial charge in [0.05, 0.1) is 19.3 Å². The van der Waals surface area contributed by atoms with Crippen LogP contribution in [0.5, 0.6) is 5.75 Å². The lowest BCUT2D eigenvalue weighted by atomic mass is 9.73. The van der Waals surface area contributed by atoms with Crippen molar-refractivity contribution in [2.75, 3.05) is 11.9 Å². The average Bonchev–Trinajstić information content (AvgIpc) is 3.52. The van der Waals surface area contributed by atoms with Crippen molar-refractivity contribution in [3.05, 3.63) is 47.3 Å². The predicted molar refractivity (Wildman–Crippen MR) is 114 cm³/mol. The largest absolute Gasteiger partial charge is 0.491 e. The Hall–Kier alpha value is -2.74. The Morgan fingerprint density at radius 2 is 1.91 bits per heavy atom. The zero-order chi connectivity index (χ0) is 23.1. The maximum Gasteiger partial charge on any atom is 0.329 e. The number of aryl methyl sites for hydroxylation is 1. The molecule has 172 valence electrons. The molecule has 0 aromatic heterocycles. The summed E-state index contributed by atoms with van der Waals surface area (Å²) in [6.45, 7) is 4.14. The topological polar surface area (TPSA) is 67.8 Å². The van der Waals surface area contributed by atoms with Gasteiger partial charge in [-0.3, -0.25) is 0 Å². The first-order valence-corrected chi connectivity index (χ1v) is 10.7. The van der Waals surface area contributed by atoms with Crippen LogP contribution in [0.25, 0.3) is 11.1 Å². The van der Waals surface area contributed by atoms with E-state index in [9.17, 15) is 18.7 Å². The second-order valence-electron chi connectivity index (χ2n) is 8.66. The number of carbonyl (C=O) groups is 1. The van der Waals surface area contributed by atoms with Crippen LogP contribution in [0.3, 0.4) is 0 Å². The first kappa shape index (κ1) is 22.5. The minimum absolute atomic E-state index is 0.150. The minimum Gasteiger partial charge on any atom is -0.491 e. The summed E-state index contributed by atoms with van der Waals surface area (Å²) < 4.78 is 53.4. The highest BCUT2D eigenvalue weighted by Gasteiger charge is 2.61. The molecule has 4 rings (SSSR count). The van der Waals surface area contributed by atoms with E-state index in [1.807, 2.05) is 6.92 Å². The van der Waals surface area contributed by atoms with Crippen molar-refractivity contribution in [1.82, 2.24) is 0 Å². The van der Waals surface area contributed by atoms with E-state index in [-0.39, 0.29) is 18.5 Å². The second kappa shape index (κ2) is 8.31. The Bertz CT molecular complexity index is 1030. The molecule has 0 atom stereocenters. The normalized spacial score (nSPS) is 18.7. The standard InChI is InChI=1S/C24H26F3NO4/c1-3-31-20-9-14(2)8-19(21(20)25)18-7-4-16(10-15(18)11-32-17-5-6-17)28-23(22(29)30)12-24(26,27)13-23/h4,7-10,17,28H,3,5-6,11-13H2,1-2H3,(H,29,30). The Kier molecular flexibility index (Phi) is 5.83. The summed E-state index contributed by atoms with van der Waals surface area (Å²) in [7, 11) is 0. The van der Waals surface area contributed by atoms with Gasteiger partial charge in [0.1, 0.15) is 5.54 Å². The molecule has 0 heterocycles. The molecule has 5 nitrogen and oxygen atoms in total. The van der Waals surface area contributed by atoms with Crippen molar-refractivity contribution in [3.63, 3.8) is 0 Å². The van der Waals surface area contributed by atoms with E-state index in [0.717, 1.165) is 18.4 Å². The summed E-state index contributed by atoms with van der Waals surface area (Å²) in [4.78, 5) is 11.7. The molecule has 2 aliphatic carbocycles. The van der Waals surface area contributed by atoms with Crippen molar-refractivity contribution in [2.24, 2.45) is 0 Å². The molecule has 2 saturated carbocycles. The van der Waals surface area contributed by atoms with Crippen molar-refractivity contribution in [2.45, 2.75) is 63.7 Å². The number of halogens is 3. The fourth-order valence-corrected chi connectivity index (χ4v) is 4.09. The lowest BCUT2D eigenvalue weighted by Gasteiger charge is -2.44. The van der Waals surface area contributed by atoms with Gasteiger partial charge in [-0.2, -0.15) is 0 Å². The highest BCUT2D eigenvalue weighted by molar-refractivity contribution is 5.85. The lowest BCUT2D eigenvalue weighted by Crippen LogP contribution is -2.61. The maximum atomic E-state index is 15.2. The highest BCUT2D eigenvalue weighted by atomic mass is 19.3. The molecule has 0 unspecified atom stereocenters. The van der Waals surface area contributed by atoms with Crippen LogP contribution in [-0.4, -0.2) is 35.2 Å². The van der Waals surface area contributed by atoms with E-state index >= 15 is 4.39 Å². The van der Waals surface area contributed by atoms with Crippen LogP contribution in [0.4, 0.5) is 18.9 Å². The Balaban J connectivity index is 1.70. The van der Waals surface area contributed by atoms with Gasteiger partial charge in [-0.1, -0.05) is 6.07 Å². The van der Waals surface area contributed by atoms with Gasteiger partial charge in [0.2, 0.25) is 0 Å². The number of rotatable bonds is 9. The number of anilines is 1. The van der Waals surface area contributed by atoms with Crippen LogP contribution >= 0.6 is 0 Å². The Labute approximate surface area is 184 Å². The zero-order valence-corrected chi connectivity index (χ0v) is 18.0. The third-order valence-electron chi connectivity index (χ3n) is 5.79. The van der Waals surface area contributed by atoms with Crippen molar-refractivity contribution < 1.29 is 32.5 Å². The maximum absolute atomic E-state index is 15.2. The number of aliphatic carboxylic acids is 1. The SMILES string of the molecule is CCOc1cc(C)cc(-c2ccc(NC3(C(=O)O)CC(F)(F)C3)cc2COC2CC2)c1F. The molecule has 2 aliphatic rings. The summed E-state index contributed by atoms with van der Waals surface area (Å²) in [5.74, 6) is -4.68. The molecule has 8 heteroatoms. The molecule has 32 heavy (non-hydrogen) atoms. The van der Waals surface area contributed by atoms with Crippen LogP contribution in [0.2, 0.25) is 0 Å². The number of benzene rings is 2. The molecular weight excluding hydrogens is 423 g/mol. The van der Waals surface area contributed by atoms with Gasteiger partial charge in [0.25, 0.3) is 5.92 Å². The highest BCUT2D eigenvalue weighted by Crippen LogP contribution is 2.48.